The second-order valence-corrected chi connectivity index (χ2v) is 7.93. The first kappa shape index (κ1) is 7.96. The van der Waals surface area contributed by atoms with Crippen molar-refractivity contribution in [3.63, 3.8) is 0 Å². The number of hydrogen-bond acceptors (Lipinski definition) is 2. The molecular weight excluding hydrogens is 147 g/mol. The zero-order valence-corrected chi connectivity index (χ0v) is 7.02. The average molecular weight is 156 g/mol. The van der Waals surface area contributed by atoms with E-state index in [0.29, 0.717) is 0 Å². The Kier molecular flexibility index (Phi) is 3.50. The Labute approximate surface area is 54.7 Å². The topological polar surface area (TPSA) is 9.23 Å². The smallest absolute Gasteiger partial charge is 0.116 e. The summed E-state index contributed by atoms with van der Waals surface area (Å²) in [5.74, 6) is 0. The fraction of sp³-hybridized carbons (Fsp3) is 1.00. The van der Waals surface area contributed by atoms with Gasteiger partial charge in [0.1, 0.15) is 5.47 Å². The van der Waals surface area contributed by atoms with Crippen LogP contribution < -0.4 is 0 Å². The van der Waals surface area contributed by atoms with Gasteiger partial charge < -0.3 is 4.52 Å². The molecule has 1 nitrogen and oxygen atoms in total. The third-order valence-electron chi connectivity index (χ3n) is 0.685. The fourth-order valence-electron chi connectivity index (χ4n) is 0.129. The lowest BCUT2D eigenvalue weighted by Crippen LogP contribution is -1.76. The van der Waals surface area contributed by atoms with Crippen LogP contribution in [0, 0.1) is 0 Å². The fourth-order valence-corrected chi connectivity index (χ4v) is 0.387. The zero-order valence-electron chi connectivity index (χ0n) is 4.42. The van der Waals surface area contributed by atoms with Crippen molar-refractivity contribution in [1.82, 2.24) is 0 Å². The van der Waals surface area contributed by atoms with Gasteiger partial charge in [0.25, 0.3) is 0 Å². The first-order valence-corrected chi connectivity index (χ1v) is 6.05. The largest absolute Gasteiger partial charge is 0.345 e. The molecule has 0 spiro atoms. The molecule has 0 aromatic carbocycles. The van der Waals surface area contributed by atoms with Crippen molar-refractivity contribution in [2.24, 2.45) is 0 Å². The number of rotatable bonds is 2. The third kappa shape index (κ3) is 3.53. The van der Waals surface area contributed by atoms with Gasteiger partial charge in [-0.3, -0.25) is 0 Å². The Balaban J connectivity index is 3.61. The van der Waals surface area contributed by atoms with E-state index in [1.54, 1.807) is 7.11 Å². The maximum atomic E-state index is 4.90. The Bertz CT molecular complexity index is 84.9. The molecule has 0 aliphatic rings. The Morgan fingerprint density at radius 2 is 2.29 bits per heavy atom. The average Bonchev–Trinajstić information content (AvgIpc) is 1.68. The van der Waals surface area contributed by atoms with Gasteiger partial charge in [-0.2, -0.15) is 0 Å². The van der Waals surface area contributed by atoms with Crippen molar-refractivity contribution in [2.45, 2.75) is 6.92 Å². The SMILES string of the molecule is CCP(=S)(S)OC. The van der Waals surface area contributed by atoms with E-state index in [4.69, 9.17) is 16.3 Å². The second kappa shape index (κ2) is 3.08. The van der Waals surface area contributed by atoms with E-state index in [0.717, 1.165) is 6.16 Å². The molecule has 44 valence electrons. The normalized spacial score (nSPS) is 18.7. The molecule has 7 heavy (non-hydrogen) atoms. The summed E-state index contributed by atoms with van der Waals surface area (Å²) in [6.07, 6.45) is 0.863. The first-order valence-electron chi connectivity index (χ1n) is 2.00. The zero-order chi connectivity index (χ0) is 5.91. The van der Waals surface area contributed by atoms with E-state index in [9.17, 15) is 0 Å². The van der Waals surface area contributed by atoms with Crippen LogP contribution in [0.3, 0.4) is 0 Å². The van der Waals surface area contributed by atoms with Gasteiger partial charge >= 0.3 is 0 Å². The highest BCUT2D eigenvalue weighted by Crippen LogP contribution is 2.50. The van der Waals surface area contributed by atoms with Gasteiger partial charge in [-0.1, -0.05) is 18.7 Å². The number of thiol groups is 1. The summed E-state index contributed by atoms with van der Waals surface area (Å²) in [5.41, 5.74) is -1.63. The molecule has 0 saturated heterocycles. The molecule has 0 rings (SSSR count). The van der Waals surface area contributed by atoms with Crippen LogP contribution in [0.15, 0.2) is 0 Å². The lowest BCUT2D eigenvalue weighted by molar-refractivity contribution is 0.471. The van der Waals surface area contributed by atoms with Crippen LogP contribution in [-0.4, -0.2) is 13.3 Å². The molecular formula is C3H9OPS2. The van der Waals surface area contributed by atoms with Crippen LogP contribution in [0.1, 0.15) is 6.92 Å². The quantitative estimate of drug-likeness (QED) is 0.483. The van der Waals surface area contributed by atoms with Crippen molar-refractivity contribution >= 4 is 29.5 Å². The van der Waals surface area contributed by atoms with E-state index in [2.05, 4.69) is 12.2 Å². The van der Waals surface area contributed by atoms with Crippen LogP contribution in [0.5, 0.6) is 0 Å². The van der Waals surface area contributed by atoms with E-state index in [1.165, 1.54) is 0 Å². The highest BCUT2D eigenvalue weighted by Gasteiger charge is 2.02. The van der Waals surface area contributed by atoms with Gasteiger partial charge in [0.05, 0.1) is 0 Å². The summed E-state index contributed by atoms with van der Waals surface area (Å²) in [6, 6.07) is 0. The van der Waals surface area contributed by atoms with Crippen molar-refractivity contribution < 1.29 is 4.52 Å². The summed E-state index contributed by atoms with van der Waals surface area (Å²) < 4.78 is 4.88. The molecule has 0 aliphatic heterocycles. The van der Waals surface area contributed by atoms with Crippen LogP contribution in [0.2, 0.25) is 0 Å². The van der Waals surface area contributed by atoms with Crippen LogP contribution >= 0.6 is 17.7 Å². The first-order chi connectivity index (χ1) is 3.12. The van der Waals surface area contributed by atoms with Gasteiger partial charge in [0.15, 0.2) is 0 Å². The summed E-state index contributed by atoms with van der Waals surface area (Å²) in [6.45, 7) is 1.98. The minimum atomic E-state index is -1.63. The molecule has 1 atom stereocenters. The Hall–Kier alpha value is 0.960. The summed E-state index contributed by atoms with van der Waals surface area (Å²) in [5, 5.41) is 0. The van der Waals surface area contributed by atoms with Crippen molar-refractivity contribution in [1.29, 1.82) is 0 Å². The third-order valence-corrected chi connectivity index (χ3v) is 4.61. The molecule has 0 heterocycles. The maximum Gasteiger partial charge on any atom is 0.116 e. The lowest BCUT2D eigenvalue weighted by Gasteiger charge is -2.07. The van der Waals surface area contributed by atoms with Gasteiger partial charge in [-0.05, 0) is 0 Å². The second-order valence-electron chi connectivity index (χ2n) is 1.14. The molecule has 0 fully saturated rings. The van der Waals surface area contributed by atoms with Crippen LogP contribution in [0.25, 0.3) is 0 Å². The molecule has 0 aromatic heterocycles. The molecule has 0 saturated carbocycles. The van der Waals surface area contributed by atoms with Crippen molar-refractivity contribution in [3.8, 4) is 0 Å². The minimum Gasteiger partial charge on any atom is -0.345 e. The molecule has 4 heteroatoms. The molecule has 0 aromatic rings. The van der Waals surface area contributed by atoms with Crippen LogP contribution in [0.4, 0.5) is 0 Å². The predicted molar refractivity (Wildman–Crippen MR) is 40.8 cm³/mol. The molecule has 0 bridgehead atoms. The van der Waals surface area contributed by atoms with Gasteiger partial charge in [-0.15, -0.1) is 12.2 Å². The molecule has 0 N–H and O–H groups in total. The van der Waals surface area contributed by atoms with E-state index in [1.807, 2.05) is 6.92 Å². The predicted octanol–water partition coefficient (Wildman–Crippen LogP) is 1.89. The molecule has 0 radical (unpaired) electrons. The summed E-state index contributed by atoms with van der Waals surface area (Å²) in [7, 11) is 1.61. The van der Waals surface area contributed by atoms with Crippen molar-refractivity contribution in [3.05, 3.63) is 0 Å². The van der Waals surface area contributed by atoms with Crippen LogP contribution in [-0.2, 0) is 16.3 Å². The van der Waals surface area contributed by atoms with Gasteiger partial charge in [-0.25, -0.2) is 0 Å². The highest BCUT2D eigenvalue weighted by molar-refractivity contribution is 8.61. The summed E-state index contributed by atoms with van der Waals surface area (Å²) >= 11 is 8.99. The number of hydrogen-bond donors (Lipinski definition) is 1. The standard InChI is InChI=1S/C3H9OPS2/c1-3-5(6,7)4-2/h3H2,1-2H3,(H,6,7). The summed E-state index contributed by atoms with van der Waals surface area (Å²) in [4.78, 5) is 0. The van der Waals surface area contributed by atoms with E-state index < -0.39 is 5.47 Å². The Morgan fingerprint density at radius 3 is 2.29 bits per heavy atom. The Morgan fingerprint density at radius 1 is 1.86 bits per heavy atom. The lowest BCUT2D eigenvalue weighted by atomic mass is 11.0. The monoisotopic (exact) mass is 156 g/mol. The molecule has 0 aliphatic carbocycles. The van der Waals surface area contributed by atoms with Crippen molar-refractivity contribution in [2.75, 3.05) is 13.3 Å². The maximum absolute atomic E-state index is 4.90. The van der Waals surface area contributed by atoms with Gasteiger partial charge in [0.2, 0.25) is 0 Å². The molecule has 0 amide bonds. The van der Waals surface area contributed by atoms with Gasteiger partial charge in [0, 0.05) is 13.3 Å². The highest BCUT2D eigenvalue weighted by atomic mass is 32.9. The minimum absolute atomic E-state index is 0.863. The molecule has 1 unspecified atom stereocenters. The van der Waals surface area contributed by atoms with E-state index in [-0.39, 0.29) is 0 Å². The van der Waals surface area contributed by atoms with E-state index >= 15 is 0 Å².